The van der Waals surface area contributed by atoms with Gasteiger partial charge in [0, 0.05) is 12.2 Å². The van der Waals surface area contributed by atoms with Gasteiger partial charge in [-0.05, 0) is 42.0 Å². The van der Waals surface area contributed by atoms with Gasteiger partial charge in [0.15, 0.2) is 11.6 Å². The van der Waals surface area contributed by atoms with Gasteiger partial charge in [-0.15, -0.1) is 0 Å². The van der Waals surface area contributed by atoms with Crippen LogP contribution in [0.2, 0.25) is 0 Å². The van der Waals surface area contributed by atoms with E-state index in [9.17, 15) is 4.39 Å². The number of para-hydroxylation sites is 1. The summed E-state index contributed by atoms with van der Waals surface area (Å²) in [5.74, 6) is 0.449. The third-order valence-electron chi connectivity index (χ3n) is 3.94. The van der Waals surface area contributed by atoms with Crippen LogP contribution < -0.4 is 10.1 Å². The fourth-order valence-electron chi connectivity index (χ4n) is 2.90. The van der Waals surface area contributed by atoms with Gasteiger partial charge in [-0.3, -0.25) is 0 Å². The molecule has 0 spiro atoms. The molecule has 0 saturated heterocycles. The van der Waals surface area contributed by atoms with Crippen molar-refractivity contribution in [2.45, 2.75) is 18.8 Å². The number of nitrogens with one attached hydrogen (secondary N) is 1. The zero-order valence-electron chi connectivity index (χ0n) is 11.5. The Labute approximate surface area is 118 Å². The lowest BCUT2D eigenvalue weighted by atomic mass is 9.86. The molecule has 0 fully saturated rings. The molecule has 1 N–H and O–H groups in total. The molecular formula is C17H18FNO. The van der Waals surface area contributed by atoms with E-state index in [0.29, 0.717) is 18.1 Å². The van der Waals surface area contributed by atoms with Gasteiger partial charge in [0.05, 0.1) is 7.11 Å². The largest absolute Gasteiger partial charge is 0.494 e. The van der Waals surface area contributed by atoms with Gasteiger partial charge in [0.2, 0.25) is 0 Å². The molecule has 104 valence electrons. The number of fused-ring (bicyclic) bond motifs is 1. The molecule has 0 amide bonds. The fourth-order valence-corrected chi connectivity index (χ4v) is 2.90. The zero-order chi connectivity index (χ0) is 13.9. The summed E-state index contributed by atoms with van der Waals surface area (Å²) in [6, 6.07) is 13.6. The molecule has 0 aliphatic carbocycles. The van der Waals surface area contributed by atoms with E-state index in [4.69, 9.17) is 4.74 Å². The summed E-state index contributed by atoms with van der Waals surface area (Å²) >= 11 is 0. The number of anilines is 1. The van der Waals surface area contributed by atoms with Gasteiger partial charge < -0.3 is 10.1 Å². The van der Waals surface area contributed by atoms with Crippen LogP contribution in [-0.4, -0.2) is 13.7 Å². The molecule has 3 heteroatoms. The van der Waals surface area contributed by atoms with Crippen molar-refractivity contribution in [2.75, 3.05) is 19.0 Å². The van der Waals surface area contributed by atoms with Crippen molar-refractivity contribution in [2.24, 2.45) is 0 Å². The lowest BCUT2D eigenvalue weighted by Gasteiger charge is -2.27. The molecule has 1 heterocycles. The number of hydrogen-bond acceptors (Lipinski definition) is 2. The average Bonchev–Trinajstić information content (AvgIpc) is 2.50. The molecule has 0 aromatic heterocycles. The minimum absolute atomic E-state index is 0.231. The first-order chi connectivity index (χ1) is 9.79. The van der Waals surface area contributed by atoms with Crippen LogP contribution in [0.5, 0.6) is 5.75 Å². The SMILES string of the molecule is COc1cccc(CC2CCNc3ccccc32)c1F. The zero-order valence-corrected chi connectivity index (χ0v) is 11.5. The molecule has 2 aromatic carbocycles. The van der Waals surface area contributed by atoms with Gasteiger partial charge in [0.1, 0.15) is 0 Å². The van der Waals surface area contributed by atoms with Crippen LogP contribution in [0, 0.1) is 5.82 Å². The summed E-state index contributed by atoms with van der Waals surface area (Å²) in [7, 11) is 1.50. The van der Waals surface area contributed by atoms with Crippen molar-refractivity contribution in [3.05, 3.63) is 59.4 Å². The number of halogens is 1. The van der Waals surface area contributed by atoms with Gasteiger partial charge in [-0.25, -0.2) is 4.39 Å². The highest BCUT2D eigenvalue weighted by atomic mass is 19.1. The van der Waals surface area contributed by atoms with Crippen LogP contribution in [0.3, 0.4) is 0 Å². The Kier molecular flexibility index (Phi) is 3.59. The molecule has 3 rings (SSSR count). The predicted octanol–water partition coefficient (Wildman–Crippen LogP) is 3.98. The normalized spacial score (nSPS) is 17.2. The summed E-state index contributed by atoms with van der Waals surface area (Å²) < 4.78 is 19.3. The Morgan fingerprint density at radius 3 is 2.90 bits per heavy atom. The van der Waals surface area contributed by atoms with Crippen molar-refractivity contribution < 1.29 is 9.13 Å². The molecule has 0 saturated carbocycles. The van der Waals surface area contributed by atoms with Crippen LogP contribution in [-0.2, 0) is 6.42 Å². The first-order valence-corrected chi connectivity index (χ1v) is 6.94. The first-order valence-electron chi connectivity index (χ1n) is 6.94. The van der Waals surface area contributed by atoms with E-state index in [0.717, 1.165) is 18.5 Å². The molecule has 0 radical (unpaired) electrons. The third kappa shape index (κ3) is 2.36. The van der Waals surface area contributed by atoms with Gasteiger partial charge in [0.25, 0.3) is 0 Å². The van der Waals surface area contributed by atoms with Crippen LogP contribution in [0.15, 0.2) is 42.5 Å². The Bertz CT molecular complexity index is 612. The van der Waals surface area contributed by atoms with Gasteiger partial charge in [-0.1, -0.05) is 30.3 Å². The summed E-state index contributed by atoms with van der Waals surface area (Å²) in [6.07, 6.45) is 1.73. The van der Waals surface area contributed by atoms with Crippen molar-refractivity contribution in [1.29, 1.82) is 0 Å². The molecule has 1 aliphatic rings. The summed E-state index contributed by atoms with van der Waals surface area (Å²) in [4.78, 5) is 0. The molecule has 2 aromatic rings. The number of rotatable bonds is 3. The molecule has 1 atom stereocenters. The predicted molar refractivity (Wildman–Crippen MR) is 78.9 cm³/mol. The number of benzene rings is 2. The average molecular weight is 271 g/mol. The van der Waals surface area contributed by atoms with Crippen LogP contribution >= 0.6 is 0 Å². The topological polar surface area (TPSA) is 21.3 Å². The van der Waals surface area contributed by atoms with E-state index >= 15 is 0 Å². The van der Waals surface area contributed by atoms with Crippen LogP contribution in [0.1, 0.15) is 23.5 Å². The molecule has 1 unspecified atom stereocenters. The van der Waals surface area contributed by atoms with Crippen molar-refractivity contribution in [3.63, 3.8) is 0 Å². The summed E-state index contributed by atoms with van der Waals surface area (Å²) in [6.45, 7) is 0.938. The fraction of sp³-hybridized carbons (Fsp3) is 0.294. The lowest BCUT2D eigenvalue weighted by Crippen LogP contribution is -2.18. The molecular weight excluding hydrogens is 253 g/mol. The molecule has 0 bridgehead atoms. The smallest absolute Gasteiger partial charge is 0.168 e. The standard InChI is InChI=1S/C17H18FNO/c1-20-16-8-4-5-13(17(16)18)11-12-9-10-19-15-7-3-2-6-14(12)15/h2-8,12,19H,9-11H2,1H3. The second-order valence-corrected chi connectivity index (χ2v) is 5.14. The van der Waals surface area contributed by atoms with Crippen LogP contribution in [0.4, 0.5) is 10.1 Å². The van der Waals surface area contributed by atoms with Gasteiger partial charge in [-0.2, -0.15) is 0 Å². The highest BCUT2D eigenvalue weighted by Crippen LogP contribution is 2.35. The van der Waals surface area contributed by atoms with E-state index in [1.807, 2.05) is 24.3 Å². The summed E-state index contributed by atoms with van der Waals surface area (Å²) in [5, 5.41) is 3.40. The van der Waals surface area contributed by atoms with Crippen molar-refractivity contribution in [1.82, 2.24) is 0 Å². The van der Waals surface area contributed by atoms with Crippen molar-refractivity contribution >= 4 is 5.69 Å². The Morgan fingerprint density at radius 2 is 2.05 bits per heavy atom. The quantitative estimate of drug-likeness (QED) is 0.911. The minimum Gasteiger partial charge on any atom is -0.494 e. The van der Waals surface area contributed by atoms with E-state index in [1.165, 1.54) is 18.4 Å². The third-order valence-corrected chi connectivity index (χ3v) is 3.94. The van der Waals surface area contributed by atoms with E-state index in [2.05, 4.69) is 17.4 Å². The molecule has 1 aliphatic heterocycles. The second-order valence-electron chi connectivity index (χ2n) is 5.14. The second kappa shape index (κ2) is 5.53. The monoisotopic (exact) mass is 271 g/mol. The van der Waals surface area contributed by atoms with E-state index < -0.39 is 0 Å². The van der Waals surface area contributed by atoms with Crippen LogP contribution in [0.25, 0.3) is 0 Å². The highest BCUT2D eigenvalue weighted by Gasteiger charge is 2.21. The van der Waals surface area contributed by atoms with E-state index in [1.54, 1.807) is 6.07 Å². The highest BCUT2D eigenvalue weighted by molar-refractivity contribution is 5.55. The maximum atomic E-state index is 14.3. The molecule has 2 nitrogen and oxygen atoms in total. The Hall–Kier alpha value is -2.03. The van der Waals surface area contributed by atoms with Crippen molar-refractivity contribution in [3.8, 4) is 5.75 Å². The van der Waals surface area contributed by atoms with Gasteiger partial charge >= 0.3 is 0 Å². The van der Waals surface area contributed by atoms with E-state index in [-0.39, 0.29) is 5.82 Å². The Balaban J connectivity index is 1.90. The Morgan fingerprint density at radius 1 is 1.20 bits per heavy atom. The first kappa shape index (κ1) is 13.0. The number of methoxy groups -OCH3 is 1. The number of hydrogen-bond donors (Lipinski definition) is 1. The maximum Gasteiger partial charge on any atom is 0.168 e. The minimum atomic E-state index is -0.231. The molecule has 20 heavy (non-hydrogen) atoms. The lowest BCUT2D eigenvalue weighted by molar-refractivity contribution is 0.383. The maximum absolute atomic E-state index is 14.3. The number of ether oxygens (including phenoxy) is 1. The summed E-state index contributed by atoms with van der Waals surface area (Å²) in [5.41, 5.74) is 3.18.